The zero-order valence-corrected chi connectivity index (χ0v) is 15.0. The Morgan fingerprint density at radius 2 is 1.88 bits per heavy atom. The lowest BCUT2D eigenvalue weighted by Crippen LogP contribution is -2.51. The first kappa shape index (κ1) is 17.2. The molecule has 1 spiro atoms. The number of nitrogens with zero attached hydrogens (tertiary/aromatic N) is 3. The Hall–Kier alpha value is -1.63. The summed E-state index contributed by atoms with van der Waals surface area (Å²) in [5.41, 5.74) is -0.754. The van der Waals surface area contributed by atoms with E-state index >= 15 is 0 Å². The van der Waals surface area contributed by atoms with Gasteiger partial charge in [0.05, 0.1) is 0 Å². The van der Waals surface area contributed by atoms with Gasteiger partial charge in [0.1, 0.15) is 11.6 Å². The van der Waals surface area contributed by atoms with Crippen molar-refractivity contribution in [2.24, 2.45) is 5.92 Å². The summed E-state index contributed by atoms with van der Waals surface area (Å²) in [6, 6.07) is -0.852. The Morgan fingerprint density at radius 3 is 2.42 bits per heavy atom. The number of imide groups is 1. The van der Waals surface area contributed by atoms with E-state index in [1.807, 2.05) is 14.1 Å². The third kappa shape index (κ3) is 2.59. The average molecular weight is 336 g/mol. The van der Waals surface area contributed by atoms with Crippen molar-refractivity contribution in [2.45, 2.75) is 57.2 Å². The monoisotopic (exact) mass is 336 g/mol. The van der Waals surface area contributed by atoms with Crippen molar-refractivity contribution >= 4 is 17.8 Å². The van der Waals surface area contributed by atoms with Gasteiger partial charge in [-0.25, -0.2) is 9.69 Å². The largest absolute Gasteiger partial charge is 0.339 e. The highest BCUT2D eigenvalue weighted by Gasteiger charge is 2.55. The van der Waals surface area contributed by atoms with E-state index in [1.54, 1.807) is 11.8 Å². The van der Waals surface area contributed by atoms with E-state index in [-0.39, 0.29) is 11.8 Å². The lowest BCUT2D eigenvalue weighted by molar-refractivity contribution is -0.142. The number of carbonyl (C=O) groups is 3. The Kier molecular flexibility index (Phi) is 4.32. The second-order valence-electron chi connectivity index (χ2n) is 7.82. The molecule has 4 amide bonds. The summed E-state index contributed by atoms with van der Waals surface area (Å²) in [5.74, 6) is 0.0208. The molecule has 1 saturated carbocycles. The molecule has 0 radical (unpaired) electrons. The number of urea groups is 1. The van der Waals surface area contributed by atoms with Crippen LogP contribution in [0.25, 0.3) is 0 Å². The topological polar surface area (TPSA) is 73.0 Å². The van der Waals surface area contributed by atoms with Crippen molar-refractivity contribution in [3.05, 3.63) is 0 Å². The van der Waals surface area contributed by atoms with Gasteiger partial charge in [-0.3, -0.25) is 9.59 Å². The lowest BCUT2D eigenvalue weighted by atomic mass is 9.97. The molecule has 2 heterocycles. The predicted octanol–water partition coefficient (Wildman–Crippen LogP) is 0.648. The van der Waals surface area contributed by atoms with Crippen molar-refractivity contribution < 1.29 is 14.4 Å². The highest BCUT2D eigenvalue weighted by molar-refractivity contribution is 6.10. The molecule has 0 unspecified atom stereocenters. The third-order valence-corrected chi connectivity index (χ3v) is 5.94. The van der Waals surface area contributed by atoms with Gasteiger partial charge in [-0.1, -0.05) is 19.8 Å². The number of likely N-dealkylation sites (tertiary alicyclic amines) is 1. The maximum absolute atomic E-state index is 12.9. The molecule has 0 aromatic carbocycles. The van der Waals surface area contributed by atoms with Gasteiger partial charge in [0, 0.05) is 19.1 Å². The molecule has 0 aromatic heterocycles. The van der Waals surface area contributed by atoms with Gasteiger partial charge in [-0.15, -0.1) is 0 Å². The van der Waals surface area contributed by atoms with Gasteiger partial charge in [0.25, 0.3) is 5.91 Å². The molecule has 3 atom stereocenters. The molecule has 3 rings (SSSR count). The summed E-state index contributed by atoms with van der Waals surface area (Å²) in [5, 5.41) is 2.85. The van der Waals surface area contributed by atoms with Crippen molar-refractivity contribution in [1.29, 1.82) is 0 Å². The maximum Gasteiger partial charge on any atom is 0.325 e. The normalized spacial score (nSPS) is 30.5. The Morgan fingerprint density at radius 1 is 1.25 bits per heavy atom. The zero-order valence-electron chi connectivity index (χ0n) is 15.0. The van der Waals surface area contributed by atoms with Crippen molar-refractivity contribution in [3.8, 4) is 0 Å². The van der Waals surface area contributed by atoms with E-state index < -0.39 is 17.6 Å². The first-order chi connectivity index (χ1) is 11.3. The maximum atomic E-state index is 12.9. The van der Waals surface area contributed by atoms with Crippen molar-refractivity contribution in [3.63, 3.8) is 0 Å². The lowest BCUT2D eigenvalue weighted by Gasteiger charge is -2.27. The van der Waals surface area contributed by atoms with E-state index in [9.17, 15) is 14.4 Å². The van der Waals surface area contributed by atoms with Gasteiger partial charge < -0.3 is 15.1 Å². The molecule has 0 aromatic rings. The molecule has 3 aliphatic rings. The van der Waals surface area contributed by atoms with Gasteiger partial charge in [-0.05, 0) is 39.8 Å². The van der Waals surface area contributed by atoms with Crippen LogP contribution < -0.4 is 5.32 Å². The first-order valence-corrected chi connectivity index (χ1v) is 8.88. The van der Waals surface area contributed by atoms with Gasteiger partial charge in [-0.2, -0.15) is 0 Å². The molecule has 7 nitrogen and oxygen atoms in total. The fourth-order valence-corrected chi connectivity index (χ4v) is 4.49. The molecule has 7 heteroatoms. The minimum atomic E-state index is -0.754. The molecular formula is C17H28N4O3. The van der Waals surface area contributed by atoms with Gasteiger partial charge in [0.2, 0.25) is 5.91 Å². The second-order valence-corrected chi connectivity index (χ2v) is 7.82. The summed E-state index contributed by atoms with van der Waals surface area (Å²) in [6.45, 7) is 5.11. The molecule has 24 heavy (non-hydrogen) atoms. The minimum Gasteiger partial charge on any atom is -0.339 e. The van der Waals surface area contributed by atoms with E-state index in [0.29, 0.717) is 37.9 Å². The third-order valence-electron chi connectivity index (χ3n) is 5.94. The fraction of sp³-hybridized carbons (Fsp3) is 0.824. The van der Waals surface area contributed by atoms with Gasteiger partial charge in [0.15, 0.2) is 0 Å². The highest BCUT2D eigenvalue weighted by Crippen LogP contribution is 2.36. The van der Waals surface area contributed by atoms with E-state index in [2.05, 4.69) is 17.1 Å². The van der Waals surface area contributed by atoms with Crippen LogP contribution in [0.4, 0.5) is 4.79 Å². The molecule has 0 bridgehead atoms. The van der Waals surface area contributed by atoms with Crippen LogP contribution in [0.15, 0.2) is 0 Å². The highest BCUT2D eigenvalue weighted by atomic mass is 16.2. The number of hydrogen-bond acceptors (Lipinski definition) is 4. The van der Waals surface area contributed by atoms with Crippen LogP contribution in [0.3, 0.4) is 0 Å². The summed E-state index contributed by atoms with van der Waals surface area (Å²) >= 11 is 0. The number of nitrogens with one attached hydrogen (secondary N) is 1. The van der Waals surface area contributed by atoms with Crippen LogP contribution >= 0.6 is 0 Å². The van der Waals surface area contributed by atoms with Crippen LogP contribution in [0.5, 0.6) is 0 Å². The van der Waals surface area contributed by atoms with Crippen molar-refractivity contribution in [2.75, 3.05) is 27.2 Å². The van der Waals surface area contributed by atoms with Crippen LogP contribution in [0.2, 0.25) is 0 Å². The summed E-state index contributed by atoms with van der Waals surface area (Å²) in [6.07, 6.45) is 3.24. The SMILES string of the molecule is C[C@@H]1CN(C(=O)[C@@H](C)N2C(=O)NC3(CCCC3)C2=O)C[C@H]1N(C)C. The Labute approximate surface area is 143 Å². The zero-order chi connectivity index (χ0) is 17.6. The van der Waals surface area contributed by atoms with Gasteiger partial charge >= 0.3 is 6.03 Å². The molecule has 2 aliphatic heterocycles. The van der Waals surface area contributed by atoms with Crippen LogP contribution in [-0.4, -0.2) is 77.4 Å². The molecule has 3 fully saturated rings. The summed E-state index contributed by atoms with van der Waals surface area (Å²) in [4.78, 5) is 43.1. The van der Waals surface area contributed by atoms with E-state index in [0.717, 1.165) is 17.7 Å². The summed E-state index contributed by atoms with van der Waals surface area (Å²) < 4.78 is 0. The summed E-state index contributed by atoms with van der Waals surface area (Å²) in [7, 11) is 4.03. The Balaban J connectivity index is 1.72. The number of amides is 4. The molecule has 1 N–H and O–H groups in total. The molecular weight excluding hydrogens is 308 g/mol. The number of likely N-dealkylation sites (N-methyl/N-ethyl adjacent to an activating group) is 1. The van der Waals surface area contributed by atoms with Crippen LogP contribution in [-0.2, 0) is 9.59 Å². The quantitative estimate of drug-likeness (QED) is 0.768. The fourth-order valence-electron chi connectivity index (χ4n) is 4.49. The molecule has 134 valence electrons. The number of rotatable bonds is 3. The number of hydrogen-bond donors (Lipinski definition) is 1. The smallest absolute Gasteiger partial charge is 0.325 e. The van der Waals surface area contributed by atoms with Crippen molar-refractivity contribution in [1.82, 2.24) is 20.0 Å². The van der Waals surface area contributed by atoms with E-state index in [1.165, 1.54) is 0 Å². The standard InChI is InChI=1S/C17H28N4O3/c1-11-9-20(10-13(11)19(3)4)14(22)12(2)21-15(23)17(18-16(21)24)7-5-6-8-17/h11-13H,5-10H2,1-4H3,(H,18,24)/t11-,12-,13-/m1/s1. The van der Waals surface area contributed by atoms with Crippen LogP contribution in [0.1, 0.15) is 39.5 Å². The number of carbonyl (C=O) groups excluding carboxylic acids is 3. The molecule has 2 saturated heterocycles. The average Bonchev–Trinajstić information content (AvgIpc) is 3.19. The molecule has 1 aliphatic carbocycles. The first-order valence-electron chi connectivity index (χ1n) is 8.88. The van der Waals surface area contributed by atoms with E-state index in [4.69, 9.17) is 0 Å². The second kappa shape index (κ2) is 6.02. The predicted molar refractivity (Wildman–Crippen MR) is 89.3 cm³/mol. The van der Waals surface area contributed by atoms with Crippen LogP contribution in [0, 0.1) is 5.92 Å². The minimum absolute atomic E-state index is 0.134. The Bertz CT molecular complexity index is 556.